The first-order chi connectivity index (χ1) is 16.0. The number of hydrogen-bond donors (Lipinski definition) is 1. The molecule has 4 aromatic rings. The minimum absolute atomic E-state index is 0.0529. The van der Waals surface area contributed by atoms with E-state index in [0.29, 0.717) is 33.7 Å². The zero-order valence-corrected chi connectivity index (χ0v) is 18.5. The van der Waals surface area contributed by atoms with E-state index in [0.717, 1.165) is 5.56 Å². The molecule has 0 saturated heterocycles. The maximum Gasteiger partial charge on any atom is 0.280 e. The van der Waals surface area contributed by atoms with Gasteiger partial charge in [-0.05, 0) is 42.0 Å². The molecule has 168 valence electrons. The van der Waals surface area contributed by atoms with Crippen molar-refractivity contribution in [1.82, 2.24) is 9.66 Å². The molecule has 0 saturated carbocycles. The molecule has 1 heterocycles. The predicted molar refractivity (Wildman–Crippen MR) is 126 cm³/mol. The Morgan fingerprint density at radius 1 is 0.879 bits per heavy atom. The average molecular weight is 445 g/mol. The molecule has 0 spiro atoms. The van der Waals surface area contributed by atoms with Crippen LogP contribution in [0.5, 0.6) is 17.2 Å². The van der Waals surface area contributed by atoms with Crippen LogP contribution in [-0.4, -0.2) is 36.9 Å². The van der Waals surface area contributed by atoms with E-state index >= 15 is 0 Å². The van der Waals surface area contributed by atoms with E-state index in [1.54, 1.807) is 67.8 Å². The number of nitrogens with zero attached hydrogens (tertiary/aromatic N) is 2. The summed E-state index contributed by atoms with van der Waals surface area (Å²) in [7, 11) is 4.64. The Morgan fingerprint density at radius 2 is 1.58 bits per heavy atom. The fourth-order valence-electron chi connectivity index (χ4n) is 3.50. The van der Waals surface area contributed by atoms with Crippen LogP contribution in [0.4, 0.5) is 0 Å². The van der Waals surface area contributed by atoms with Crippen molar-refractivity contribution in [3.63, 3.8) is 0 Å². The van der Waals surface area contributed by atoms with Gasteiger partial charge in [0, 0.05) is 11.6 Å². The fourth-order valence-corrected chi connectivity index (χ4v) is 3.50. The number of fused-ring (bicyclic) bond motifs is 1. The molecule has 0 aliphatic heterocycles. The molecule has 1 aromatic heterocycles. The molecular formula is C25H23N3O5. The first-order valence-electron chi connectivity index (χ1n) is 10.2. The van der Waals surface area contributed by atoms with Crippen molar-refractivity contribution < 1.29 is 19.0 Å². The number of rotatable bonds is 7. The summed E-state index contributed by atoms with van der Waals surface area (Å²) >= 11 is 0. The van der Waals surface area contributed by atoms with Crippen molar-refractivity contribution in [3.8, 4) is 28.6 Å². The maximum absolute atomic E-state index is 13.3. The van der Waals surface area contributed by atoms with Gasteiger partial charge in [0.05, 0.1) is 38.7 Å². The second-order valence-corrected chi connectivity index (χ2v) is 7.26. The summed E-state index contributed by atoms with van der Waals surface area (Å²) in [6.45, 7) is 0. The van der Waals surface area contributed by atoms with Crippen LogP contribution < -0.4 is 25.2 Å². The van der Waals surface area contributed by atoms with Gasteiger partial charge in [0.2, 0.25) is 5.91 Å². The van der Waals surface area contributed by atoms with Gasteiger partial charge < -0.3 is 14.2 Å². The Kier molecular flexibility index (Phi) is 6.26. The molecule has 0 aliphatic carbocycles. The molecule has 8 heteroatoms. The van der Waals surface area contributed by atoms with Crippen LogP contribution in [0.25, 0.3) is 22.3 Å². The Hall–Kier alpha value is -4.33. The molecule has 0 radical (unpaired) electrons. The first-order valence-corrected chi connectivity index (χ1v) is 10.2. The lowest BCUT2D eigenvalue weighted by atomic mass is 10.1. The van der Waals surface area contributed by atoms with E-state index in [1.807, 2.05) is 6.07 Å². The molecule has 3 aromatic carbocycles. The van der Waals surface area contributed by atoms with Gasteiger partial charge in [-0.25, -0.2) is 4.98 Å². The van der Waals surface area contributed by atoms with E-state index in [2.05, 4.69) is 10.4 Å². The topological polar surface area (TPSA) is 91.7 Å². The third kappa shape index (κ3) is 4.64. The summed E-state index contributed by atoms with van der Waals surface area (Å²) in [6, 6.07) is 19.3. The summed E-state index contributed by atoms with van der Waals surface area (Å²) in [5.41, 5.74) is 4.13. The van der Waals surface area contributed by atoms with Crippen LogP contribution in [0.2, 0.25) is 0 Å². The van der Waals surface area contributed by atoms with E-state index in [1.165, 1.54) is 18.9 Å². The number of para-hydroxylation sites is 1. The van der Waals surface area contributed by atoms with Crippen molar-refractivity contribution in [2.24, 2.45) is 0 Å². The third-order valence-electron chi connectivity index (χ3n) is 5.12. The number of nitrogens with one attached hydrogen (secondary N) is 1. The zero-order chi connectivity index (χ0) is 23.4. The molecule has 4 rings (SSSR count). The lowest BCUT2D eigenvalue weighted by Gasteiger charge is -2.16. The highest BCUT2D eigenvalue weighted by molar-refractivity contribution is 5.87. The van der Waals surface area contributed by atoms with Crippen LogP contribution in [-0.2, 0) is 11.2 Å². The van der Waals surface area contributed by atoms with Gasteiger partial charge in [-0.15, -0.1) is 0 Å². The largest absolute Gasteiger partial charge is 0.497 e. The lowest BCUT2D eigenvalue weighted by Crippen LogP contribution is -2.35. The number of methoxy groups -OCH3 is 3. The van der Waals surface area contributed by atoms with E-state index in [-0.39, 0.29) is 18.2 Å². The number of carbonyl (C=O) groups excluding carboxylic acids is 1. The Labute approximate surface area is 190 Å². The Morgan fingerprint density at radius 3 is 2.27 bits per heavy atom. The quantitative estimate of drug-likeness (QED) is 0.469. The van der Waals surface area contributed by atoms with Crippen LogP contribution >= 0.6 is 0 Å². The highest BCUT2D eigenvalue weighted by Gasteiger charge is 2.17. The van der Waals surface area contributed by atoms with Crippen LogP contribution in [0, 0.1) is 0 Å². The molecule has 0 atom stereocenters. The second-order valence-electron chi connectivity index (χ2n) is 7.26. The van der Waals surface area contributed by atoms with Crippen molar-refractivity contribution in [2.75, 3.05) is 26.8 Å². The van der Waals surface area contributed by atoms with Crippen LogP contribution in [0.3, 0.4) is 0 Å². The summed E-state index contributed by atoms with van der Waals surface area (Å²) in [5, 5.41) is 0.387. The zero-order valence-electron chi connectivity index (χ0n) is 18.5. The summed E-state index contributed by atoms with van der Waals surface area (Å²) < 4.78 is 17.1. The average Bonchev–Trinajstić information content (AvgIpc) is 2.85. The van der Waals surface area contributed by atoms with Gasteiger partial charge in [0.25, 0.3) is 5.56 Å². The number of amides is 1. The second kappa shape index (κ2) is 9.44. The number of hydrogen-bond acceptors (Lipinski definition) is 6. The third-order valence-corrected chi connectivity index (χ3v) is 5.12. The van der Waals surface area contributed by atoms with Crippen molar-refractivity contribution in [1.29, 1.82) is 0 Å². The molecule has 8 nitrogen and oxygen atoms in total. The standard InChI is InChI=1S/C25H23N3O5/c1-31-18-8-6-7-16(11-18)12-23(29)27-28-24(17-13-19(32-2)15-20(14-17)33-3)26-22-10-5-4-9-21(22)25(28)30/h4-11,13-15H,12H2,1-3H3,(H,27,29). The Bertz CT molecular complexity index is 1360. The minimum atomic E-state index is -0.392. The van der Waals surface area contributed by atoms with Crippen LogP contribution in [0.1, 0.15) is 5.56 Å². The maximum atomic E-state index is 13.3. The van der Waals surface area contributed by atoms with Gasteiger partial charge in [-0.1, -0.05) is 24.3 Å². The summed E-state index contributed by atoms with van der Waals surface area (Å²) in [6.07, 6.45) is 0.0529. The van der Waals surface area contributed by atoms with Gasteiger partial charge in [-0.2, -0.15) is 4.68 Å². The fraction of sp³-hybridized carbons (Fsp3) is 0.160. The first kappa shape index (κ1) is 21.9. The van der Waals surface area contributed by atoms with E-state index < -0.39 is 5.56 Å². The highest BCUT2D eigenvalue weighted by atomic mass is 16.5. The minimum Gasteiger partial charge on any atom is -0.497 e. The predicted octanol–water partition coefficient (Wildman–Crippen LogP) is 3.40. The van der Waals surface area contributed by atoms with Gasteiger partial charge in [-0.3, -0.25) is 15.0 Å². The normalized spacial score (nSPS) is 10.6. The molecule has 0 unspecified atom stereocenters. The molecule has 1 N–H and O–H groups in total. The molecule has 0 fully saturated rings. The smallest absolute Gasteiger partial charge is 0.280 e. The van der Waals surface area contributed by atoms with E-state index in [9.17, 15) is 9.59 Å². The summed E-state index contributed by atoms with van der Waals surface area (Å²) in [5.74, 6) is 1.59. The molecule has 33 heavy (non-hydrogen) atoms. The molecule has 0 bridgehead atoms. The summed E-state index contributed by atoms with van der Waals surface area (Å²) in [4.78, 5) is 30.9. The van der Waals surface area contributed by atoms with Gasteiger partial charge in [0.15, 0.2) is 5.82 Å². The van der Waals surface area contributed by atoms with E-state index in [4.69, 9.17) is 14.2 Å². The molecule has 1 amide bonds. The van der Waals surface area contributed by atoms with Crippen LogP contribution in [0.15, 0.2) is 71.5 Å². The SMILES string of the molecule is COc1cccc(CC(=O)Nn2c(-c3cc(OC)cc(OC)c3)nc3ccccc3c2=O)c1. The van der Waals surface area contributed by atoms with Crippen molar-refractivity contribution in [3.05, 3.63) is 82.6 Å². The van der Waals surface area contributed by atoms with Crippen molar-refractivity contribution in [2.45, 2.75) is 6.42 Å². The van der Waals surface area contributed by atoms with Gasteiger partial charge in [0.1, 0.15) is 17.2 Å². The monoisotopic (exact) mass is 445 g/mol. The van der Waals surface area contributed by atoms with Gasteiger partial charge >= 0.3 is 0 Å². The number of benzene rings is 3. The Balaban J connectivity index is 1.80. The lowest BCUT2D eigenvalue weighted by molar-refractivity contribution is -0.116. The highest BCUT2D eigenvalue weighted by Crippen LogP contribution is 2.29. The molecular weight excluding hydrogens is 422 g/mol. The molecule has 0 aliphatic rings. The number of carbonyl (C=O) groups is 1. The van der Waals surface area contributed by atoms with Crippen molar-refractivity contribution >= 4 is 16.8 Å². The number of ether oxygens (including phenoxy) is 3. The number of aromatic nitrogens is 2.